The minimum atomic E-state index is 0.0211. The Kier molecular flexibility index (Phi) is 10.2. The number of furan rings is 2. The Morgan fingerprint density at radius 2 is 0.623 bits per heavy atom. The van der Waals surface area contributed by atoms with E-state index in [1.165, 1.54) is 33.4 Å². The van der Waals surface area contributed by atoms with Crippen LogP contribution in [0, 0.1) is 0 Å². The first-order valence-corrected chi connectivity index (χ1v) is 24.7. The first-order chi connectivity index (χ1) is 32.7. The molecule has 2 aromatic heterocycles. The monoisotopic (exact) mass is 904 g/mol. The van der Waals surface area contributed by atoms with Crippen LogP contribution in [0.5, 0.6) is 0 Å². The Hall–Kier alpha value is -7.04. The molecule has 4 nitrogen and oxygen atoms in total. The van der Waals surface area contributed by atoms with Gasteiger partial charge in [-0.25, -0.2) is 0 Å². The highest BCUT2D eigenvalue weighted by atomic mass is 16.3. The third-order valence-electron chi connectivity index (χ3n) is 14.5. The predicted molar refractivity (Wildman–Crippen MR) is 293 cm³/mol. The van der Waals surface area contributed by atoms with E-state index in [4.69, 9.17) is 8.83 Å². The molecule has 4 heteroatoms. The lowest BCUT2D eigenvalue weighted by Crippen LogP contribution is -2.14. The van der Waals surface area contributed by atoms with Crippen LogP contribution in [0.3, 0.4) is 0 Å². The summed E-state index contributed by atoms with van der Waals surface area (Å²) in [6.07, 6.45) is 0.712. The van der Waals surface area contributed by atoms with E-state index in [-0.39, 0.29) is 21.7 Å². The van der Waals surface area contributed by atoms with E-state index < -0.39 is 0 Å². The lowest BCUT2D eigenvalue weighted by atomic mass is 9.86. The second-order valence-electron chi connectivity index (χ2n) is 23.5. The maximum Gasteiger partial charge on any atom is 0.145 e. The van der Waals surface area contributed by atoms with Gasteiger partial charge in [0.25, 0.3) is 0 Å². The molecule has 0 bridgehead atoms. The van der Waals surface area contributed by atoms with E-state index in [9.17, 15) is 0 Å². The highest BCUT2D eigenvalue weighted by Gasteiger charge is 2.35. The fourth-order valence-corrected chi connectivity index (χ4v) is 10.5. The zero-order chi connectivity index (χ0) is 48.4. The quantitative estimate of drug-likeness (QED) is 0.166. The van der Waals surface area contributed by atoms with Crippen LogP contribution in [-0.2, 0) is 28.1 Å². The van der Waals surface area contributed by atoms with Crippen LogP contribution >= 0.6 is 0 Å². The van der Waals surface area contributed by atoms with E-state index in [1.54, 1.807) is 0 Å². The standard InChI is InChI=1S/C65H64N2O2/c1-62(2,3)42-21-29-46(30-22-42)66(47-31-23-43(24-32-47)63(4,5)6)52-38-40-37-41-39-53(67(48-33-25-44(26-34-48)64(7,8)9)49-35-27-45(28-36-49)65(10,11)12)59-51-18-14-16-20-55(51)69-61(59)57(41)56(40)60-58(52)50-17-13-15-19-54(50)68-60/h13-36,38-39H,37H2,1-12H3. The van der Waals surface area contributed by atoms with Crippen molar-refractivity contribution in [3.05, 3.63) is 191 Å². The first-order valence-electron chi connectivity index (χ1n) is 24.7. The summed E-state index contributed by atoms with van der Waals surface area (Å²) < 4.78 is 14.4. The second-order valence-corrected chi connectivity index (χ2v) is 23.5. The van der Waals surface area contributed by atoms with Crippen LogP contribution in [0.25, 0.3) is 55.0 Å². The van der Waals surface area contributed by atoms with Gasteiger partial charge in [0.1, 0.15) is 22.3 Å². The minimum absolute atomic E-state index is 0.0211. The molecule has 0 radical (unpaired) electrons. The van der Waals surface area contributed by atoms with Gasteiger partial charge in [0.2, 0.25) is 0 Å². The molecule has 1 aliphatic carbocycles. The van der Waals surface area contributed by atoms with E-state index in [2.05, 4.69) is 251 Å². The Balaban J connectivity index is 1.19. The summed E-state index contributed by atoms with van der Waals surface area (Å²) in [7, 11) is 0. The van der Waals surface area contributed by atoms with Crippen molar-refractivity contribution in [2.75, 3.05) is 9.80 Å². The molecule has 0 saturated carbocycles. The molecular weight excluding hydrogens is 841 g/mol. The molecule has 69 heavy (non-hydrogen) atoms. The summed E-state index contributed by atoms with van der Waals surface area (Å²) in [4.78, 5) is 4.89. The molecule has 0 aliphatic heterocycles. The summed E-state index contributed by atoms with van der Waals surface area (Å²) in [5.74, 6) is 0. The summed E-state index contributed by atoms with van der Waals surface area (Å²) in [5.41, 5.74) is 20.0. The topological polar surface area (TPSA) is 32.8 Å². The number of hydrogen-bond acceptors (Lipinski definition) is 4. The molecule has 11 rings (SSSR count). The van der Waals surface area contributed by atoms with Crippen molar-refractivity contribution in [1.29, 1.82) is 0 Å². The number of anilines is 6. The Morgan fingerprint density at radius 3 is 0.899 bits per heavy atom. The largest absolute Gasteiger partial charge is 0.455 e. The molecule has 0 N–H and O–H groups in total. The van der Waals surface area contributed by atoms with E-state index >= 15 is 0 Å². The molecule has 0 spiro atoms. The zero-order valence-electron chi connectivity index (χ0n) is 42.4. The number of benzene rings is 8. The van der Waals surface area contributed by atoms with Crippen molar-refractivity contribution in [3.8, 4) is 11.1 Å². The van der Waals surface area contributed by atoms with E-state index in [0.29, 0.717) is 6.42 Å². The molecule has 10 aromatic rings. The molecule has 2 heterocycles. The van der Waals surface area contributed by atoms with Crippen LogP contribution in [0.15, 0.2) is 167 Å². The molecule has 346 valence electrons. The zero-order valence-corrected chi connectivity index (χ0v) is 42.4. The van der Waals surface area contributed by atoms with Crippen LogP contribution in [0.2, 0.25) is 0 Å². The van der Waals surface area contributed by atoms with Crippen LogP contribution in [0.1, 0.15) is 116 Å². The van der Waals surface area contributed by atoms with Gasteiger partial charge in [-0.3, -0.25) is 0 Å². The third kappa shape index (κ3) is 7.60. The summed E-state index contributed by atoms with van der Waals surface area (Å²) in [6, 6.07) is 58.5. The normalized spacial score (nSPS) is 13.2. The van der Waals surface area contributed by atoms with Gasteiger partial charge in [0.05, 0.1) is 22.1 Å². The maximum absolute atomic E-state index is 7.18. The molecule has 0 fully saturated rings. The minimum Gasteiger partial charge on any atom is -0.455 e. The number of para-hydroxylation sites is 2. The Labute approximate surface area is 408 Å². The number of nitrogens with zero attached hydrogens (tertiary/aromatic N) is 2. The van der Waals surface area contributed by atoms with Gasteiger partial charge in [-0.15, -0.1) is 0 Å². The van der Waals surface area contributed by atoms with Gasteiger partial charge >= 0.3 is 0 Å². The predicted octanol–water partition coefficient (Wildman–Crippen LogP) is 19.2. The van der Waals surface area contributed by atoms with Crippen molar-refractivity contribution >= 4 is 78.0 Å². The van der Waals surface area contributed by atoms with Gasteiger partial charge in [-0.2, -0.15) is 0 Å². The Bertz CT molecular complexity index is 3220. The number of fused-ring (bicyclic) bond motifs is 11. The molecule has 8 aromatic carbocycles. The Morgan fingerprint density at radius 1 is 0.348 bits per heavy atom. The highest BCUT2D eigenvalue weighted by Crippen LogP contribution is 2.56. The maximum atomic E-state index is 7.18. The van der Waals surface area contributed by atoms with Crippen LogP contribution in [0.4, 0.5) is 34.1 Å². The summed E-state index contributed by atoms with van der Waals surface area (Å²) in [5, 5.41) is 4.35. The average molecular weight is 905 g/mol. The van der Waals surface area contributed by atoms with Crippen LogP contribution < -0.4 is 9.80 Å². The summed E-state index contributed by atoms with van der Waals surface area (Å²) in [6.45, 7) is 27.3. The van der Waals surface area contributed by atoms with Crippen molar-refractivity contribution < 1.29 is 8.83 Å². The molecule has 0 saturated heterocycles. The van der Waals surface area contributed by atoms with Crippen molar-refractivity contribution in [3.63, 3.8) is 0 Å². The fourth-order valence-electron chi connectivity index (χ4n) is 10.5. The lowest BCUT2D eigenvalue weighted by Gasteiger charge is -2.29. The van der Waals surface area contributed by atoms with Gasteiger partial charge in [0.15, 0.2) is 0 Å². The van der Waals surface area contributed by atoms with Gasteiger partial charge in [-0.05, 0) is 134 Å². The fraction of sp³-hybridized carbons (Fsp3) is 0.262. The van der Waals surface area contributed by atoms with Crippen LogP contribution in [-0.4, -0.2) is 0 Å². The van der Waals surface area contributed by atoms with Crippen molar-refractivity contribution in [2.24, 2.45) is 0 Å². The van der Waals surface area contributed by atoms with Crippen molar-refractivity contribution in [2.45, 2.75) is 111 Å². The number of rotatable bonds is 6. The first kappa shape index (κ1) is 44.5. The number of hydrogen-bond donors (Lipinski definition) is 0. The average Bonchev–Trinajstić information content (AvgIpc) is 4.00. The smallest absolute Gasteiger partial charge is 0.145 e. The molecular formula is C65H64N2O2. The SMILES string of the molecule is CC(C)(C)c1ccc(N(c2ccc(C(C)(C)C)cc2)c2cc3c(c4oc5ccccc5c24)-c2c(cc(N(c4ccc(C(C)(C)C)cc4)c4ccc(C(C)(C)C)cc4)c4c2oc2ccccc24)C3)cc1. The van der Waals surface area contributed by atoms with E-state index in [1.807, 2.05) is 0 Å². The lowest BCUT2D eigenvalue weighted by molar-refractivity contribution is 0.590. The molecule has 0 atom stereocenters. The molecule has 0 amide bonds. The molecule has 1 aliphatic rings. The van der Waals surface area contributed by atoms with Gasteiger partial charge in [0, 0.05) is 44.6 Å². The van der Waals surface area contributed by atoms with Crippen molar-refractivity contribution in [1.82, 2.24) is 0 Å². The second kappa shape index (κ2) is 15.8. The summed E-state index contributed by atoms with van der Waals surface area (Å²) >= 11 is 0. The van der Waals surface area contributed by atoms with Gasteiger partial charge < -0.3 is 18.6 Å². The van der Waals surface area contributed by atoms with Gasteiger partial charge in [-0.1, -0.05) is 168 Å². The van der Waals surface area contributed by atoms with E-state index in [0.717, 1.165) is 89.1 Å². The third-order valence-corrected chi connectivity index (χ3v) is 14.5. The highest BCUT2D eigenvalue weighted by molar-refractivity contribution is 6.24. The molecule has 0 unspecified atom stereocenters.